The minimum Gasteiger partial charge on any atom is -0.459 e. The maximum absolute atomic E-state index is 13.7. The maximum atomic E-state index is 13.7. The lowest BCUT2D eigenvalue weighted by molar-refractivity contribution is 0.0574. The van der Waals surface area contributed by atoms with E-state index in [0.717, 1.165) is 17.7 Å². The van der Waals surface area contributed by atoms with E-state index in [1.807, 2.05) is 56.3 Å². The Morgan fingerprint density at radius 1 is 1.12 bits per heavy atom. The molecule has 0 radical (unpaired) electrons. The van der Waals surface area contributed by atoms with E-state index in [9.17, 15) is 9.59 Å². The Hall–Kier alpha value is -3.71. The van der Waals surface area contributed by atoms with Crippen LogP contribution in [0, 0.1) is 0 Å². The highest BCUT2D eigenvalue weighted by Crippen LogP contribution is 2.26. The van der Waals surface area contributed by atoms with Crippen molar-refractivity contribution in [2.24, 2.45) is 0 Å². The first kappa shape index (κ1) is 22.5. The van der Waals surface area contributed by atoms with Crippen LogP contribution in [0.5, 0.6) is 0 Å². The van der Waals surface area contributed by atoms with E-state index in [2.05, 4.69) is 0 Å². The highest BCUT2D eigenvalue weighted by Gasteiger charge is 2.29. The summed E-state index contributed by atoms with van der Waals surface area (Å²) < 4.78 is 12.3. The summed E-state index contributed by atoms with van der Waals surface area (Å²) in [6, 6.07) is 17.8. The van der Waals surface area contributed by atoms with Crippen molar-refractivity contribution >= 4 is 16.8 Å². The number of nitrogens with zero attached hydrogens (tertiary/aromatic N) is 3. The molecule has 1 atom stereocenters. The van der Waals surface area contributed by atoms with Gasteiger partial charge >= 0.3 is 0 Å². The summed E-state index contributed by atoms with van der Waals surface area (Å²) >= 11 is 0. The van der Waals surface area contributed by atoms with Crippen LogP contribution in [0.15, 0.2) is 76.1 Å². The number of hydrogen-bond acceptors (Lipinski definition) is 5. The molecule has 0 saturated heterocycles. The van der Waals surface area contributed by atoms with Crippen molar-refractivity contribution in [1.29, 1.82) is 0 Å². The largest absolute Gasteiger partial charge is 0.459 e. The van der Waals surface area contributed by atoms with Gasteiger partial charge in [0.1, 0.15) is 5.82 Å². The van der Waals surface area contributed by atoms with Crippen LogP contribution in [0.2, 0.25) is 0 Å². The molecule has 7 heteroatoms. The van der Waals surface area contributed by atoms with Gasteiger partial charge in [-0.2, -0.15) is 0 Å². The molecule has 0 bridgehead atoms. The van der Waals surface area contributed by atoms with Gasteiger partial charge in [0, 0.05) is 13.7 Å². The molecule has 1 amide bonds. The van der Waals surface area contributed by atoms with Crippen LogP contribution in [0.3, 0.4) is 0 Å². The van der Waals surface area contributed by atoms with E-state index in [-0.39, 0.29) is 17.2 Å². The Morgan fingerprint density at radius 2 is 1.88 bits per heavy atom. The number of aromatic nitrogens is 2. The first-order chi connectivity index (χ1) is 16.1. The summed E-state index contributed by atoms with van der Waals surface area (Å²) in [5.41, 5.74) is 2.21. The molecule has 4 aromatic rings. The van der Waals surface area contributed by atoms with Gasteiger partial charge in [-0.05, 0) is 49.2 Å². The van der Waals surface area contributed by atoms with Gasteiger partial charge in [0.25, 0.3) is 11.5 Å². The van der Waals surface area contributed by atoms with Gasteiger partial charge in [-0.1, -0.05) is 37.3 Å². The summed E-state index contributed by atoms with van der Waals surface area (Å²) in [5.74, 6) is 0.416. The van der Waals surface area contributed by atoms with Crippen molar-refractivity contribution in [3.05, 3.63) is 94.4 Å². The van der Waals surface area contributed by atoms with Crippen molar-refractivity contribution in [3.63, 3.8) is 0 Å². The Balaban J connectivity index is 1.94. The standard InChI is InChI=1S/C26H27N3O4/c1-4-19-10-5-8-13-22(19)29-24(27-21-12-7-6-11-20(21)25(29)30)18(2)28(15-17-32-3)26(31)23-14-9-16-33-23/h5-14,16,18H,4,15,17H2,1-3H3. The van der Waals surface area contributed by atoms with Gasteiger partial charge in [0.2, 0.25) is 0 Å². The van der Waals surface area contributed by atoms with Crippen LogP contribution >= 0.6 is 0 Å². The number of amides is 1. The van der Waals surface area contributed by atoms with E-state index in [1.165, 1.54) is 6.26 Å². The first-order valence-corrected chi connectivity index (χ1v) is 11.0. The smallest absolute Gasteiger partial charge is 0.290 e. The first-order valence-electron chi connectivity index (χ1n) is 11.0. The summed E-state index contributed by atoms with van der Waals surface area (Å²) in [6.07, 6.45) is 2.22. The number of rotatable bonds is 8. The second-order valence-corrected chi connectivity index (χ2v) is 7.75. The quantitative estimate of drug-likeness (QED) is 0.402. The number of methoxy groups -OCH3 is 1. The summed E-state index contributed by atoms with van der Waals surface area (Å²) in [4.78, 5) is 33.5. The minimum atomic E-state index is -0.528. The van der Waals surface area contributed by atoms with Gasteiger partial charge in [-0.3, -0.25) is 14.2 Å². The lowest BCUT2D eigenvalue weighted by atomic mass is 10.1. The molecule has 0 spiro atoms. The Bertz CT molecular complexity index is 1310. The molecule has 4 rings (SSSR count). The van der Waals surface area contributed by atoms with Crippen LogP contribution in [0.25, 0.3) is 16.6 Å². The minimum absolute atomic E-state index is 0.166. The van der Waals surface area contributed by atoms with E-state index in [0.29, 0.717) is 29.9 Å². The average Bonchev–Trinajstić information content (AvgIpc) is 3.39. The van der Waals surface area contributed by atoms with Crippen LogP contribution in [0.1, 0.15) is 41.8 Å². The molecule has 33 heavy (non-hydrogen) atoms. The summed E-state index contributed by atoms with van der Waals surface area (Å²) in [6.45, 7) is 4.57. The highest BCUT2D eigenvalue weighted by molar-refractivity contribution is 5.91. The van der Waals surface area contributed by atoms with Crippen LogP contribution in [-0.2, 0) is 11.2 Å². The Labute approximate surface area is 192 Å². The van der Waals surface area contributed by atoms with E-state index in [1.54, 1.807) is 34.8 Å². The zero-order valence-corrected chi connectivity index (χ0v) is 19.0. The molecule has 1 unspecified atom stereocenters. The molecule has 170 valence electrons. The number of carbonyl (C=O) groups is 1. The lowest BCUT2D eigenvalue weighted by Crippen LogP contribution is -2.39. The highest BCUT2D eigenvalue weighted by atomic mass is 16.5. The summed E-state index contributed by atoms with van der Waals surface area (Å²) in [7, 11) is 1.59. The lowest BCUT2D eigenvalue weighted by Gasteiger charge is -2.30. The fourth-order valence-electron chi connectivity index (χ4n) is 4.03. The molecule has 0 fully saturated rings. The third-order valence-corrected chi connectivity index (χ3v) is 5.79. The molecule has 0 saturated carbocycles. The number of hydrogen-bond donors (Lipinski definition) is 0. The fraction of sp³-hybridized carbons (Fsp3) is 0.269. The number of fused-ring (bicyclic) bond motifs is 1. The second kappa shape index (κ2) is 9.83. The predicted molar refractivity (Wildman–Crippen MR) is 127 cm³/mol. The van der Waals surface area contributed by atoms with Gasteiger partial charge < -0.3 is 14.1 Å². The molecular weight excluding hydrogens is 418 g/mol. The second-order valence-electron chi connectivity index (χ2n) is 7.75. The number of furan rings is 1. The van der Waals surface area contributed by atoms with Crippen molar-refractivity contribution in [2.75, 3.05) is 20.3 Å². The van der Waals surface area contributed by atoms with Crippen molar-refractivity contribution in [2.45, 2.75) is 26.3 Å². The topological polar surface area (TPSA) is 77.6 Å². The molecule has 0 aliphatic rings. The zero-order chi connectivity index (χ0) is 23.4. The van der Waals surface area contributed by atoms with E-state index in [4.69, 9.17) is 14.1 Å². The van der Waals surface area contributed by atoms with Gasteiger partial charge in [0.05, 0.1) is 35.5 Å². The van der Waals surface area contributed by atoms with Crippen molar-refractivity contribution in [3.8, 4) is 5.69 Å². The molecule has 2 heterocycles. The van der Waals surface area contributed by atoms with Crippen molar-refractivity contribution < 1.29 is 13.9 Å². The van der Waals surface area contributed by atoms with Crippen LogP contribution in [0.4, 0.5) is 0 Å². The Morgan fingerprint density at radius 3 is 2.61 bits per heavy atom. The summed E-state index contributed by atoms with van der Waals surface area (Å²) in [5, 5.41) is 0.528. The number of para-hydroxylation sites is 2. The van der Waals surface area contributed by atoms with E-state index < -0.39 is 6.04 Å². The van der Waals surface area contributed by atoms with Crippen LogP contribution in [-0.4, -0.2) is 40.6 Å². The maximum Gasteiger partial charge on any atom is 0.290 e. The number of benzene rings is 2. The molecule has 0 aliphatic heterocycles. The third kappa shape index (κ3) is 4.32. The number of ether oxygens (including phenoxy) is 1. The molecular formula is C26H27N3O4. The molecule has 2 aromatic heterocycles. The number of aryl methyl sites for hydroxylation is 1. The SMILES string of the molecule is CCc1ccccc1-n1c(C(C)N(CCOC)C(=O)c2ccco2)nc2ccccc2c1=O. The van der Waals surface area contributed by atoms with E-state index >= 15 is 0 Å². The molecule has 0 aliphatic carbocycles. The van der Waals surface area contributed by atoms with Gasteiger partial charge in [0.15, 0.2) is 5.76 Å². The van der Waals surface area contributed by atoms with Crippen LogP contribution < -0.4 is 5.56 Å². The third-order valence-electron chi connectivity index (χ3n) is 5.79. The Kier molecular flexibility index (Phi) is 6.70. The predicted octanol–water partition coefficient (Wildman–Crippen LogP) is 4.39. The molecule has 7 nitrogen and oxygen atoms in total. The normalized spacial score (nSPS) is 12.1. The number of carbonyl (C=O) groups excluding carboxylic acids is 1. The average molecular weight is 446 g/mol. The van der Waals surface area contributed by atoms with Gasteiger partial charge in [-0.25, -0.2) is 4.98 Å². The monoisotopic (exact) mass is 445 g/mol. The zero-order valence-electron chi connectivity index (χ0n) is 19.0. The fourth-order valence-corrected chi connectivity index (χ4v) is 4.03. The molecule has 2 aromatic carbocycles. The van der Waals surface area contributed by atoms with Gasteiger partial charge in [-0.15, -0.1) is 0 Å². The van der Waals surface area contributed by atoms with Crippen molar-refractivity contribution in [1.82, 2.24) is 14.5 Å². The molecule has 0 N–H and O–H groups in total.